The van der Waals surface area contributed by atoms with E-state index in [4.69, 9.17) is 5.73 Å². The van der Waals surface area contributed by atoms with Crippen molar-refractivity contribution in [1.82, 2.24) is 10.6 Å². The Balaban J connectivity index is 4.42. The average molecular weight is 229 g/mol. The van der Waals surface area contributed by atoms with E-state index in [-0.39, 0.29) is 11.8 Å². The molecule has 0 spiro atoms. The van der Waals surface area contributed by atoms with E-state index >= 15 is 0 Å². The predicted octanol–water partition coefficient (Wildman–Crippen LogP) is 0.000600. The highest BCUT2D eigenvalue weighted by Crippen LogP contribution is 2.05. The lowest BCUT2D eigenvalue weighted by molar-refractivity contribution is -0.129. The van der Waals surface area contributed by atoms with Crippen LogP contribution in [0.5, 0.6) is 0 Å². The zero-order chi connectivity index (χ0) is 12.7. The fourth-order valence-electron chi connectivity index (χ4n) is 1.30. The highest BCUT2D eigenvalue weighted by molar-refractivity contribution is 5.89. The molecule has 0 bridgehead atoms. The standard InChI is InChI=1S/C11H23N3O2/c1-5-13-11(16)9(6-7(2)3)14-10(15)8(4)12/h7-9H,5-6,12H2,1-4H3,(H,13,16)(H,14,15). The smallest absolute Gasteiger partial charge is 0.242 e. The molecular formula is C11H23N3O2. The van der Waals surface area contributed by atoms with Gasteiger partial charge in [-0.25, -0.2) is 0 Å². The summed E-state index contributed by atoms with van der Waals surface area (Å²) in [6.45, 7) is 8.01. The van der Waals surface area contributed by atoms with Crippen molar-refractivity contribution in [1.29, 1.82) is 0 Å². The molecule has 5 nitrogen and oxygen atoms in total. The van der Waals surface area contributed by atoms with Gasteiger partial charge in [0.2, 0.25) is 11.8 Å². The maximum atomic E-state index is 11.7. The Morgan fingerprint density at radius 1 is 1.19 bits per heavy atom. The zero-order valence-corrected chi connectivity index (χ0v) is 10.5. The van der Waals surface area contributed by atoms with Gasteiger partial charge in [0, 0.05) is 6.54 Å². The molecule has 0 aliphatic carbocycles. The molecule has 0 aromatic carbocycles. The Morgan fingerprint density at radius 3 is 2.12 bits per heavy atom. The molecule has 0 fully saturated rings. The number of carbonyl (C=O) groups is 2. The molecule has 0 aliphatic rings. The van der Waals surface area contributed by atoms with Gasteiger partial charge in [0.05, 0.1) is 6.04 Å². The second-order valence-corrected chi connectivity index (χ2v) is 4.37. The van der Waals surface area contributed by atoms with Gasteiger partial charge >= 0.3 is 0 Å². The summed E-state index contributed by atoms with van der Waals surface area (Å²) in [7, 11) is 0. The molecule has 2 unspecified atom stereocenters. The molecule has 94 valence electrons. The van der Waals surface area contributed by atoms with Crippen molar-refractivity contribution in [2.45, 2.75) is 46.2 Å². The number of rotatable bonds is 6. The number of carbonyl (C=O) groups excluding carboxylic acids is 2. The predicted molar refractivity (Wildman–Crippen MR) is 63.7 cm³/mol. The third-order valence-electron chi connectivity index (χ3n) is 2.10. The number of nitrogens with two attached hydrogens (primary N) is 1. The molecule has 2 atom stereocenters. The molecule has 0 radical (unpaired) electrons. The molecule has 0 aliphatic heterocycles. The van der Waals surface area contributed by atoms with Crippen molar-refractivity contribution in [3.05, 3.63) is 0 Å². The summed E-state index contributed by atoms with van der Waals surface area (Å²) in [5.74, 6) is -0.108. The summed E-state index contributed by atoms with van der Waals surface area (Å²) in [6, 6.07) is -1.08. The monoisotopic (exact) mass is 229 g/mol. The molecule has 0 saturated carbocycles. The van der Waals surface area contributed by atoms with Gasteiger partial charge in [-0.3, -0.25) is 9.59 Å². The van der Waals surface area contributed by atoms with E-state index in [9.17, 15) is 9.59 Å². The third kappa shape index (κ3) is 5.70. The Labute approximate surface area is 97.2 Å². The van der Waals surface area contributed by atoms with E-state index in [0.717, 1.165) is 0 Å². The topological polar surface area (TPSA) is 84.2 Å². The normalized spacial score (nSPS) is 14.4. The Kier molecular flexibility index (Phi) is 6.72. The number of amides is 2. The van der Waals surface area contributed by atoms with Crippen LogP contribution in [0, 0.1) is 5.92 Å². The van der Waals surface area contributed by atoms with Crippen LogP contribution < -0.4 is 16.4 Å². The van der Waals surface area contributed by atoms with E-state index in [1.54, 1.807) is 6.92 Å². The van der Waals surface area contributed by atoms with Gasteiger partial charge in [0.25, 0.3) is 0 Å². The van der Waals surface area contributed by atoms with Gasteiger partial charge < -0.3 is 16.4 Å². The van der Waals surface area contributed by atoms with Crippen LogP contribution >= 0.6 is 0 Å². The minimum atomic E-state index is -0.593. The van der Waals surface area contributed by atoms with Gasteiger partial charge in [-0.15, -0.1) is 0 Å². The Bertz CT molecular complexity index is 239. The summed E-state index contributed by atoms with van der Waals surface area (Å²) in [5, 5.41) is 5.36. The molecule has 4 N–H and O–H groups in total. The second kappa shape index (κ2) is 7.22. The summed E-state index contributed by atoms with van der Waals surface area (Å²) >= 11 is 0. The lowest BCUT2D eigenvalue weighted by Gasteiger charge is -2.20. The number of likely N-dealkylation sites (N-methyl/N-ethyl adjacent to an activating group) is 1. The van der Waals surface area contributed by atoms with Crippen LogP contribution in [0.1, 0.15) is 34.1 Å². The molecule has 16 heavy (non-hydrogen) atoms. The minimum Gasteiger partial charge on any atom is -0.355 e. The van der Waals surface area contributed by atoms with Crippen LogP contribution in [0.3, 0.4) is 0 Å². The first-order valence-electron chi connectivity index (χ1n) is 5.72. The molecule has 5 heteroatoms. The quantitative estimate of drug-likeness (QED) is 0.599. The number of hydrogen-bond donors (Lipinski definition) is 3. The van der Waals surface area contributed by atoms with Gasteiger partial charge in [-0.1, -0.05) is 13.8 Å². The van der Waals surface area contributed by atoms with Crippen LogP contribution in [-0.2, 0) is 9.59 Å². The van der Waals surface area contributed by atoms with Crippen molar-refractivity contribution < 1.29 is 9.59 Å². The van der Waals surface area contributed by atoms with E-state index in [1.807, 2.05) is 20.8 Å². The van der Waals surface area contributed by atoms with Gasteiger partial charge in [-0.2, -0.15) is 0 Å². The highest BCUT2D eigenvalue weighted by Gasteiger charge is 2.22. The van der Waals surface area contributed by atoms with Crippen LogP contribution in [-0.4, -0.2) is 30.4 Å². The summed E-state index contributed by atoms with van der Waals surface area (Å²) < 4.78 is 0. The van der Waals surface area contributed by atoms with Crippen molar-refractivity contribution >= 4 is 11.8 Å². The van der Waals surface area contributed by atoms with Crippen molar-refractivity contribution in [3.63, 3.8) is 0 Å². The first kappa shape index (κ1) is 14.9. The molecule has 2 amide bonds. The summed E-state index contributed by atoms with van der Waals surface area (Å²) in [6.07, 6.45) is 0.615. The Morgan fingerprint density at radius 2 is 1.75 bits per heavy atom. The van der Waals surface area contributed by atoms with E-state index in [0.29, 0.717) is 18.9 Å². The van der Waals surface area contributed by atoms with Gasteiger partial charge in [0.1, 0.15) is 6.04 Å². The van der Waals surface area contributed by atoms with Crippen LogP contribution in [0.4, 0.5) is 0 Å². The highest BCUT2D eigenvalue weighted by atomic mass is 16.2. The van der Waals surface area contributed by atoms with E-state index in [1.165, 1.54) is 0 Å². The van der Waals surface area contributed by atoms with Crippen LogP contribution in [0.15, 0.2) is 0 Å². The van der Waals surface area contributed by atoms with Crippen molar-refractivity contribution in [2.24, 2.45) is 11.7 Å². The lowest BCUT2D eigenvalue weighted by atomic mass is 10.0. The molecule has 0 heterocycles. The molecule has 0 rings (SSSR count). The lowest BCUT2D eigenvalue weighted by Crippen LogP contribution is -2.51. The Hall–Kier alpha value is -1.10. The fraction of sp³-hybridized carbons (Fsp3) is 0.818. The maximum absolute atomic E-state index is 11.7. The third-order valence-corrected chi connectivity index (χ3v) is 2.10. The van der Waals surface area contributed by atoms with Crippen LogP contribution in [0.25, 0.3) is 0 Å². The second-order valence-electron chi connectivity index (χ2n) is 4.37. The van der Waals surface area contributed by atoms with E-state index in [2.05, 4.69) is 10.6 Å². The average Bonchev–Trinajstić information content (AvgIpc) is 2.16. The minimum absolute atomic E-state index is 0.148. The number of nitrogens with one attached hydrogen (secondary N) is 2. The summed E-state index contributed by atoms with van der Waals surface area (Å²) in [4.78, 5) is 23.1. The van der Waals surface area contributed by atoms with Gasteiger partial charge in [-0.05, 0) is 26.2 Å². The van der Waals surface area contributed by atoms with Crippen LogP contribution in [0.2, 0.25) is 0 Å². The van der Waals surface area contributed by atoms with E-state index < -0.39 is 12.1 Å². The first-order valence-corrected chi connectivity index (χ1v) is 5.72. The maximum Gasteiger partial charge on any atom is 0.242 e. The number of hydrogen-bond acceptors (Lipinski definition) is 3. The van der Waals surface area contributed by atoms with Crippen molar-refractivity contribution in [3.8, 4) is 0 Å². The van der Waals surface area contributed by atoms with Crippen molar-refractivity contribution in [2.75, 3.05) is 6.54 Å². The largest absolute Gasteiger partial charge is 0.355 e. The molecule has 0 aromatic heterocycles. The SMILES string of the molecule is CCNC(=O)C(CC(C)C)NC(=O)C(C)N. The zero-order valence-electron chi connectivity index (χ0n) is 10.5. The molecule has 0 saturated heterocycles. The fourth-order valence-corrected chi connectivity index (χ4v) is 1.30. The molecule has 0 aromatic rings. The molecular weight excluding hydrogens is 206 g/mol. The van der Waals surface area contributed by atoms with Gasteiger partial charge in [0.15, 0.2) is 0 Å². The first-order chi connectivity index (χ1) is 7.38. The summed E-state index contributed by atoms with van der Waals surface area (Å²) in [5.41, 5.74) is 5.45.